The minimum absolute atomic E-state index is 0.147. The second-order valence-electron chi connectivity index (χ2n) is 8.23. The number of benzene rings is 2. The first-order chi connectivity index (χ1) is 15.2. The maximum atomic E-state index is 14.0. The van der Waals surface area contributed by atoms with Gasteiger partial charge in [-0.3, -0.25) is 14.0 Å². The molecule has 2 amide bonds. The number of carbonyl (C=O) groups excluding carboxylic acids is 2. The number of alkyl halides is 1. The van der Waals surface area contributed by atoms with E-state index in [-0.39, 0.29) is 37.2 Å². The Morgan fingerprint density at radius 1 is 1.10 bits per heavy atom. The van der Waals surface area contributed by atoms with Crippen molar-refractivity contribution in [2.45, 2.75) is 43.9 Å². The van der Waals surface area contributed by atoms with Crippen molar-refractivity contribution in [2.24, 2.45) is 0 Å². The number of epoxide rings is 1. The lowest BCUT2D eigenvalue weighted by Gasteiger charge is -2.41. The molecule has 2 unspecified atom stereocenters. The van der Waals surface area contributed by atoms with E-state index in [1.807, 2.05) is 54.6 Å². The fraction of sp³-hybridized carbons (Fsp3) is 0.417. The average Bonchev–Trinajstić information content (AvgIpc) is 3.57. The first-order valence-electron chi connectivity index (χ1n) is 10.7. The van der Waals surface area contributed by atoms with Crippen LogP contribution < -0.4 is 0 Å². The monoisotopic (exact) mass is 424 g/mol. The Kier molecular flexibility index (Phi) is 5.46. The minimum atomic E-state index is -0.773. The van der Waals surface area contributed by atoms with Crippen LogP contribution in [0.4, 0.5) is 4.39 Å². The van der Waals surface area contributed by atoms with Gasteiger partial charge in [-0.15, -0.1) is 0 Å². The molecule has 0 saturated carbocycles. The summed E-state index contributed by atoms with van der Waals surface area (Å²) in [4.78, 5) is 30.2. The number of carbonyl (C=O) groups is 2. The van der Waals surface area contributed by atoms with Crippen LogP contribution >= 0.6 is 0 Å². The molecule has 2 saturated heterocycles. The number of hydrogen-bond acceptors (Lipinski definition) is 4. The van der Waals surface area contributed by atoms with Gasteiger partial charge in [0.05, 0.1) is 25.7 Å². The summed E-state index contributed by atoms with van der Waals surface area (Å²) in [5.41, 5.74) is 2.76. The van der Waals surface area contributed by atoms with Gasteiger partial charge in [-0.1, -0.05) is 54.6 Å². The Bertz CT molecular complexity index is 969. The lowest BCUT2D eigenvalue weighted by Crippen LogP contribution is -2.56. The zero-order chi connectivity index (χ0) is 21.4. The number of rotatable bonds is 6. The largest absolute Gasteiger partial charge is 0.346 e. The van der Waals surface area contributed by atoms with Crippen LogP contribution in [0, 0.1) is 0 Å². The van der Waals surface area contributed by atoms with Crippen LogP contribution in [-0.4, -0.2) is 60.0 Å². The Balaban J connectivity index is 1.48. The van der Waals surface area contributed by atoms with E-state index in [2.05, 4.69) is 0 Å². The van der Waals surface area contributed by atoms with E-state index in [4.69, 9.17) is 9.47 Å². The Labute approximate surface area is 180 Å². The molecule has 7 heteroatoms. The SMILES string of the molecule is O=C1Cc2ccccc2[C@H](C(=O)N2C3OC3OC[C@@H]2Cc2ccccc2)N1CCCF. The molecule has 0 bridgehead atoms. The van der Waals surface area contributed by atoms with Crippen molar-refractivity contribution < 1.29 is 23.5 Å². The van der Waals surface area contributed by atoms with Crippen molar-refractivity contribution >= 4 is 11.8 Å². The van der Waals surface area contributed by atoms with Crippen LogP contribution in [0.3, 0.4) is 0 Å². The number of morpholine rings is 1. The van der Waals surface area contributed by atoms with Gasteiger partial charge in [0.15, 0.2) is 6.23 Å². The molecule has 5 rings (SSSR count). The number of amides is 2. The highest BCUT2D eigenvalue weighted by atomic mass is 19.1. The van der Waals surface area contributed by atoms with E-state index in [0.29, 0.717) is 13.0 Å². The first kappa shape index (κ1) is 20.2. The predicted octanol–water partition coefficient (Wildman–Crippen LogP) is 2.62. The molecular weight excluding hydrogens is 399 g/mol. The van der Waals surface area contributed by atoms with Crippen molar-refractivity contribution in [1.82, 2.24) is 9.80 Å². The number of nitrogens with zero attached hydrogens (tertiary/aromatic N) is 2. The minimum Gasteiger partial charge on any atom is -0.346 e. The van der Waals surface area contributed by atoms with Gasteiger partial charge in [-0.25, -0.2) is 0 Å². The third-order valence-electron chi connectivity index (χ3n) is 6.21. The lowest BCUT2D eigenvalue weighted by molar-refractivity contribution is -0.153. The fourth-order valence-corrected chi connectivity index (χ4v) is 4.68. The zero-order valence-electron chi connectivity index (χ0n) is 17.2. The van der Waals surface area contributed by atoms with Crippen LogP contribution in [0.1, 0.15) is 29.2 Å². The van der Waals surface area contributed by atoms with Crippen molar-refractivity contribution in [3.8, 4) is 0 Å². The van der Waals surface area contributed by atoms with E-state index in [1.54, 1.807) is 4.90 Å². The van der Waals surface area contributed by atoms with Crippen LogP contribution in [0.2, 0.25) is 0 Å². The number of ether oxygens (including phenoxy) is 2. The van der Waals surface area contributed by atoms with E-state index >= 15 is 0 Å². The summed E-state index contributed by atoms with van der Waals surface area (Å²) in [5, 5.41) is 0. The normalized spacial score (nSPS) is 26.9. The highest BCUT2D eigenvalue weighted by Crippen LogP contribution is 2.39. The molecule has 2 aromatic carbocycles. The molecule has 3 heterocycles. The molecular formula is C24H25FN2O4. The summed E-state index contributed by atoms with van der Waals surface area (Å²) in [5.74, 6) is -0.331. The van der Waals surface area contributed by atoms with E-state index < -0.39 is 25.2 Å². The van der Waals surface area contributed by atoms with E-state index in [1.165, 1.54) is 4.90 Å². The second-order valence-corrected chi connectivity index (χ2v) is 8.23. The van der Waals surface area contributed by atoms with Gasteiger partial charge >= 0.3 is 0 Å². The van der Waals surface area contributed by atoms with Crippen molar-refractivity contribution in [1.29, 1.82) is 0 Å². The van der Waals surface area contributed by atoms with Crippen molar-refractivity contribution in [3.63, 3.8) is 0 Å². The first-order valence-corrected chi connectivity index (χ1v) is 10.7. The second kappa shape index (κ2) is 8.40. The smallest absolute Gasteiger partial charge is 0.252 e. The molecule has 0 spiro atoms. The van der Waals surface area contributed by atoms with Gasteiger partial charge in [-0.2, -0.15) is 0 Å². The molecule has 0 radical (unpaired) electrons. The number of hydrogen-bond donors (Lipinski definition) is 0. The molecule has 0 N–H and O–H groups in total. The van der Waals surface area contributed by atoms with E-state index in [9.17, 15) is 14.0 Å². The Morgan fingerprint density at radius 2 is 1.87 bits per heavy atom. The molecule has 6 nitrogen and oxygen atoms in total. The lowest BCUT2D eigenvalue weighted by atomic mass is 9.90. The van der Waals surface area contributed by atoms with Gasteiger partial charge in [0.2, 0.25) is 12.2 Å². The number of fused-ring (bicyclic) bond motifs is 2. The summed E-state index contributed by atoms with van der Waals surface area (Å²) in [6.07, 6.45) is 0.209. The highest BCUT2D eigenvalue weighted by molar-refractivity contribution is 5.93. The predicted molar refractivity (Wildman–Crippen MR) is 111 cm³/mol. The molecule has 4 atom stereocenters. The molecule has 3 aliphatic heterocycles. The quantitative estimate of drug-likeness (QED) is 0.669. The molecule has 0 aliphatic carbocycles. The number of halogens is 1. The third-order valence-corrected chi connectivity index (χ3v) is 6.21. The standard InChI is InChI=1S/C24H25FN2O4/c25-11-6-12-26-20(28)14-17-9-4-5-10-19(17)21(26)22(29)27-18(15-30-24-23(27)31-24)13-16-7-2-1-3-8-16/h1-5,7-10,18,21,23-24H,6,11-15H2/t18-,21+,23?,24?/m0/s1. The van der Waals surface area contributed by atoms with Gasteiger partial charge in [0.25, 0.3) is 5.91 Å². The van der Waals surface area contributed by atoms with Gasteiger partial charge < -0.3 is 19.3 Å². The average molecular weight is 424 g/mol. The molecule has 2 aromatic rings. The summed E-state index contributed by atoms with van der Waals surface area (Å²) in [6.45, 7) is 0.0473. The highest BCUT2D eigenvalue weighted by Gasteiger charge is 2.55. The maximum absolute atomic E-state index is 14.0. The van der Waals surface area contributed by atoms with Gasteiger partial charge in [0.1, 0.15) is 6.04 Å². The third kappa shape index (κ3) is 3.83. The molecule has 0 aromatic heterocycles. The van der Waals surface area contributed by atoms with Gasteiger partial charge in [0, 0.05) is 6.54 Å². The van der Waals surface area contributed by atoms with Crippen molar-refractivity contribution in [2.75, 3.05) is 19.8 Å². The van der Waals surface area contributed by atoms with Crippen LogP contribution in [0.15, 0.2) is 54.6 Å². The summed E-state index contributed by atoms with van der Waals surface area (Å²) < 4.78 is 24.3. The van der Waals surface area contributed by atoms with Gasteiger partial charge in [-0.05, 0) is 29.5 Å². The van der Waals surface area contributed by atoms with Crippen LogP contribution in [0.5, 0.6) is 0 Å². The zero-order valence-corrected chi connectivity index (χ0v) is 17.2. The summed E-state index contributed by atoms with van der Waals surface area (Å²) >= 11 is 0. The summed E-state index contributed by atoms with van der Waals surface area (Å²) in [7, 11) is 0. The van der Waals surface area contributed by atoms with Crippen molar-refractivity contribution in [3.05, 3.63) is 71.3 Å². The molecule has 2 fully saturated rings. The maximum Gasteiger partial charge on any atom is 0.252 e. The van der Waals surface area contributed by atoms with E-state index in [0.717, 1.165) is 16.7 Å². The molecule has 162 valence electrons. The fourth-order valence-electron chi connectivity index (χ4n) is 4.68. The Morgan fingerprint density at radius 3 is 2.68 bits per heavy atom. The topological polar surface area (TPSA) is 62.4 Å². The summed E-state index contributed by atoms with van der Waals surface area (Å²) in [6, 6.07) is 16.5. The van der Waals surface area contributed by atoms with Crippen LogP contribution in [-0.2, 0) is 31.9 Å². The molecule has 3 aliphatic rings. The Hall–Kier alpha value is -2.77. The van der Waals surface area contributed by atoms with Crippen LogP contribution in [0.25, 0.3) is 0 Å². The molecule has 31 heavy (non-hydrogen) atoms.